The number of carbonyl (C=O) groups excluding carboxylic acids is 2. The van der Waals surface area contributed by atoms with Crippen LogP contribution in [0.1, 0.15) is 55.7 Å². The second-order valence-corrected chi connectivity index (χ2v) is 8.67. The zero-order valence-electron chi connectivity index (χ0n) is 17.5. The van der Waals surface area contributed by atoms with Crippen molar-refractivity contribution in [2.45, 2.75) is 58.3 Å². The highest BCUT2D eigenvalue weighted by atomic mass is 16.6. The molecule has 2 atom stereocenters. The van der Waals surface area contributed by atoms with Crippen molar-refractivity contribution in [3.05, 3.63) is 41.3 Å². The van der Waals surface area contributed by atoms with Crippen LogP contribution in [0.2, 0.25) is 0 Å². The minimum Gasteiger partial charge on any atom is -0.444 e. The van der Waals surface area contributed by atoms with Crippen LogP contribution in [-0.2, 0) is 11.3 Å². The van der Waals surface area contributed by atoms with E-state index in [2.05, 4.69) is 10.1 Å². The van der Waals surface area contributed by atoms with Crippen molar-refractivity contribution in [1.82, 2.24) is 24.6 Å². The molecule has 30 heavy (non-hydrogen) atoms. The van der Waals surface area contributed by atoms with E-state index >= 15 is 0 Å². The molecule has 0 aromatic carbocycles. The van der Waals surface area contributed by atoms with Crippen molar-refractivity contribution in [3.8, 4) is 11.9 Å². The van der Waals surface area contributed by atoms with Crippen LogP contribution >= 0.6 is 0 Å². The van der Waals surface area contributed by atoms with E-state index in [-0.39, 0.29) is 24.1 Å². The van der Waals surface area contributed by atoms with Gasteiger partial charge in [-0.25, -0.2) is 14.5 Å². The summed E-state index contributed by atoms with van der Waals surface area (Å²) in [5.74, 6) is 0.336. The average molecular weight is 408 g/mol. The summed E-state index contributed by atoms with van der Waals surface area (Å²) in [7, 11) is 0. The maximum atomic E-state index is 13.1. The molecule has 2 aliphatic rings. The van der Waals surface area contributed by atoms with Crippen molar-refractivity contribution in [2.75, 3.05) is 6.54 Å². The number of likely N-dealkylation sites (tertiary alicyclic amines) is 1. The van der Waals surface area contributed by atoms with Gasteiger partial charge in [0.15, 0.2) is 5.82 Å². The van der Waals surface area contributed by atoms with Crippen molar-refractivity contribution in [3.63, 3.8) is 0 Å². The van der Waals surface area contributed by atoms with Gasteiger partial charge in [-0.3, -0.25) is 4.79 Å². The summed E-state index contributed by atoms with van der Waals surface area (Å²) in [5.41, 5.74) is 1.10. The van der Waals surface area contributed by atoms with E-state index in [1.165, 1.54) is 10.9 Å². The van der Waals surface area contributed by atoms with E-state index in [0.29, 0.717) is 36.6 Å². The van der Waals surface area contributed by atoms with Gasteiger partial charge in [0.05, 0.1) is 30.0 Å². The van der Waals surface area contributed by atoms with Gasteiger partial charge < -0.3 is 14.5 Å². The Balaban J connectivity index is 1.52. The van der Waals surface area contributed by atoms with Gasteiger partial charge in [-0.2, -0.15) is 10.4 Å². The number of rotatable bonds is 2. The summed E-state index contributed by atoms with van der Waals surface area (Å²) >= 11 is 0. The molecule has 2 aliphatic heterocycles. The van der Waals surface area contributed by atoms with Crippen LogP contribution in [0.4, 0.5) is 4.79 Å². The van der Waals surface area contributed by atoms with Gasteiger partial charge in [0.2, 0.25) is 0 Å². The van der Waals surface area contributed by atoms with Gasteiger partial charge in [0, 0.05) is 18.7 Å². The third-order valence-electron chi connectivity index (χ3n) is 5.46. The van der Waals surface area contributed by atoms with Crippen molar-refractivity contribution < 1.29 is 14.3 Å². The van der Waals surface area contributed by atoms with Crippen LogP contribution in [0, 0.1) is 11.3 Å². The lowest BCUT2D eigenvalue weighted by Gasteiger charge is -2.31. The van der Waals surface area contributed by atoms with Gasteiger partial charge in [-0.1, -0.05) is 6.07 Å². The molecule has 0 unspecified atom stereocenters. The Morgan fingerprint density at radius 1 is 1.33 bits per heavy atom. The number of pyridine rings is 1. The molecule has 0 bridgehead atoms. The first-order chi connectivity index (χ1) is 14.2. The average Bonchev–Trinajstić information content (AvgIpc) is 3.38. The molecule has 0 N–H and O–H groups in total. The van der Waals surface area contributed by atoms with Crippen molar-refractivity contribution >= 4 is 12.0 Å². The van der Waals surface area contributed by atoms with Gasteiger partial charge >= 0.3 is 6.09 Å². The highest BCUT2D eigenvalue weighted by Crippen LogP contribution is 2.31. The number of hydrogen-bond acceptors (Lipinski definition) is 6. The Hall–Kier alpha value is -3.41. The summed E-state index contributed by atoms with van der Waals surface area (Å²) in [6, 6.07) is 5.43. The minimum absolute atomic E-state index is 0.0995. The number of aromatic nitrogens is 3. The number of amides is 2. The molecule has 9 heteroatoms. The van der Waals surface area contributed by atoms with Crippen LogP contribution in [0.5, 0.6) is 0 Å². The molecule has 0 spiro atoms. The predicted molar refractivity (Wildman–Crippen MR) is 107 cm³/mol. The Bertz CT molecular complexity index is 1050. The van der Waals surface area contributed by atoms with E-state index in [4.69, 9.17) is 10.00 Å². The molecule has 156 valence electrons. The van der Waals surface area contributed by atoms with Crippen molar-refractivity contribution in [1.29, 1.82) is 5.26 Å². The fraction of sp³-hybridized carbons (Fsp3) is 0.476. The topological polar surface area (TPSA) is 104 Å². The number of nitriles is 1. The van der Waals surface area contributed by atoms with E-state index in [1.54, 1.807) is 22.1 Å². The second kappa shape index (κ2) is 7.13. The normalized spacial score (nSPS) is 21.0. The van der Waals surface area contributed by atoms with Crippen LogP contribution in [0.15, 0.2) is 24.5 Å². The van der Waals surface area contributed by atoms with E-state index in [0.717, 1.165) is 5.56 Å². The lowest BCUT2D eigenvalue weighted by Crippen LogP contribution is -2.46. The maximum Gasteiger partial charge on any atom is 0.410 e. The molecule has 1 saturated heterocycles. The molecule has 0 aliphatic carbocycles. The molecular weight excluding hydrogens is 384 g/mol. The number of carbonyl (C=O) groups is 2. The first-order valence-corrected chi connectivity index (χ1v) is 9.93. The van der Waals surface area contributed by atoms with Crippen LogP contribution in [0.3, 0.4) is 0 Å². The van der Waals surface area contributed by atoms with Gasteiger partial charge in [-0.15, -0.1) is 0 Å². The zero-order chi connectivity index (χ0) is 21.6. The molecular formula is C21H24N6O3. The SMILES string of the molecule is C[C@@H]1[C@H](N2Cc3ccc(-n4cc(C#N)cn4)nc3C2=O)CCN1C(=O)OC(C)(C)C. The van der Waals surface area contributed by atoms with Crippen molar-refractivity contribution in [2.24, 2.45) is 0 Å². The molecule has 9 nitrogen and oxygen atoms in total. The quantitative estimate of drug-likeness (QED) is 0.756. The molecule has 4 rings (SSSR count). The van der Waals surface area contributed by atoms with E-state index in [9.17, 15) is 9.59 Å². The molecule has 1 fully saturated rings. The fourth-order valence-corrected chi connectivity index (χ4v) is 4.00. The van der Waals surface area contributed by atoms with E-state index < -0.39 is 5.60 Å². The van der Waals surface area contributed by atoms with Crippen LogP contribution in [-0.4, -0.2) is 60.8 Å². The third kappa shape index (κ3) is 3.49. The summed E-state index contributed by atoms with van der Waals surface area (Å²) in [6.07, 6.45) is 3.37. The van der Waals surface area contributed by atoms with Gasteiger partial charge in [0.1, 0.15) is 17.4 Å². The monoisotopic (exact) mass is 408 g/mol. The summed E-state index contributed by atoms with van der Waals surface area (Å²) in [6.45, 7) is 8.47. The predicted octanol–water partition coefficient (Wildman–Crippen LogP) is 2.49. The fourth-order valence-electron chi connectivity index (χ4n) is 4.00. The molecule has 0 saturated carbocycles. The summed E-state index contributed by atoms with van der Waals surface area (Å²) < 4.78 is 6.99. The Kier molecular flexibility index (Phi) is 4.73. The number of ether oxygens (including phenoxy) is 1. The lowest BCUT2D eigenvalue weighted by molar-refractivity contribution is 0.0198. The molecule has 0 radical (unpaired) electrons. The van der Waals surface area contributed by atoms with Gasteiger partial charge in [-0.05, 0) is 40.2 Å². The first-order valence-electron chi connectivity index (χ1n) is 9.93. The highest BCUT2D eigenvalue weighted by molar-refractivity contribution is 5.97. The van der Waals surface area contributed by atoms with Gasteiger partial charge in [0.25, 0.3) is 5.91 Å². The van der Waals surface area contributed by atoms with Crippen LogP contribution in [0.25, 0.3) is 5.82 Å². The second-order valence-electron chi connectivity index (χ2n) is 8.67. The molecule has 4 heterocycles. The number of fused-ring (bicyclic) bond motifs is 1. The smallest absolute Gasteiger partial charge is 0.410 e. The lowest BCUT2D eigenvalue weighted by atomic mass is 10.1. The number of hydrogen-bond donors (Lipinski definition) is 0. The first kappa shape index (κ1) is 19.9. The summed E-state index contributed by atoms with van der Waals surface area (Å²) in [4.78, 5) is 33.6. The van der Waals surface area contributed by atoms with Crippen LogP contribution < -0.4 is 0 Å². The minimum atomic E-state index is -0.563. The maximum absolute atomic E-state index is 13.1. The Labute approximate surface area is 174 Å². The largest absolute Gasteiger partial charge is 0.444 e. The highest BCUT2D eigenvalue weighted by Gasteiger charge is 2.44. The Morgan fingerprint density at radius 2 is 2.10 bits per heavy atom. The summed E-state index contributed by atoms with van der Waals surface area (Å²) in [5, 5.41) is 13.1. The molecule has 2 aromatic heterocycles. The van der Waals surface area contributed by atoms with E-state index in [1.807, 2.05) is 39.8 Å². The number of nitrogens with zero attached hydrogens (tertiary/aromatic N) is 6. The molecule has 2 amide bonds. The standard InChI is InChI=1S/C21H24N6O3/c1-13-16(7-8-25(13)20(29)30-21(2,3)4)26-12-15-5-6-17(24-18(15)19(26)28)27-11-14(9-22)10-23-27/h5-6,10-11,13,16H,7-8,12H2,1-4H3/t13-,16-/m1/s1. The molecule has 2 aromatic rings. The zero-order valence-corrected chi connectivity index (χ0v) is 17.5. The third-order valence-corrected chi connectivity index (χ3v) is 5.46. The Morgan fingerprint density at radius 3 is 2.77 bits per heavy atom.